The number of nitrogens with one attached hydrogen (secondary N) is 1. The summed E-state index contributed by atoms with van der Waals surface area (Å²) in [7, 11) is 0. The number of benzene rings is 2. The van der Waals surface area contributed by atoms with E-state index in [0.29, 0.717) is 13.2 Å². The van der Waals surface area contributed by atoms with Crippen LogP contribution >= 0.6 is 0 Å². The maximum absolute atomic E-state index is 12.7. The van der Waals surface area contributed by atoms with Gasteiger partial charge in [0.15, 0.2) is 0 Å². The Hall–Kier alpha value is -4.49. The van der Waals surface area contributed by atoms with E-state index in [1.54, 1.807) is 11.5 Å². The molecule has 6 nitrogen and oxygen atoms in total. The molecule has 4 heterocycles. The highest BCUT2D eigenvalue weighted by Crippen LogP contribution is 2.29. The molecule has 4 aromatic rings. The first-order chi connectivity index (χ1) is 20.3. The summed E-state index contributed by atoms with van der Waals surface area (Å²) in [6.45, 7) is 10.2. The Labute approximate surface area is 255 Å². The molecule has 0 saturated carbocycles. The van der Waals surface area contributed by atoms with E-state index in [-0.39, 0.29) is 13.5 Å². The standard InChI is InChI=1S/C18H21NO3.C13H13NO.C5H4.CH4/c1-18(2,3)22-17(20)19-15-7-5-4-6-14(15)12-16(19)13-8-10-21-11-9-13;1-2-4-12-11(3-1)9-13(14-12)10-5-7-15-8-6-10;1-3-5-4-2;/h4-8,12H,9-11H2,1-3H3;1-5,9,14H,6-8H2;1H,2H3;1H4. The number of ether oxygens (including phenoxy) is 3. The van der Waals surface area contributed by atoms with Gasteiger partial charge in [-0.1, -0.05) is 61.9 Å². The number of fused-ring (bicyclic) bond motifs is 2. The van der Waals surface area contributed by atoms with Gasteiger partial charge in [-0.15, -0.1) is 6.42 Å². The van der Waals surface area contributed by atoms with Gasteiger partial charge in [-0.2, -0.15) is 0 Å². The van der Waals surface area contributed by atoms with Crippen LogP contribution in [0.2, 0.25) is 0 Å². The Morgan fingerprint density at radius 1 is 0.930 bits per heavy atom. The largest absolute Gasteiger partial charge is 0.443 e. The lowest BCUT2D eigenvalue weighted by atomic mass is 10.1. The molecule has 2 aromatic heterocycles. The minimum Gasteiger partial charge on any atom is -0.443 e. The van der Waals surface area contributed by atoms with Crippen LogP contribution in [0.25, 0.3) is 33.0 Å². The molecule has 0 fully saturated rings. The monoisotopic (exact) mass is 578 g/mol. The van der Waals surface area contributed by atoms with Crippen LogP contribution in [-0.4, -0.2) is 47.7 Å². The minimum absolute atomic E-state index is 0. The summed E-state index contributed by atoms with van der Waals surface area (Å²) in [5.74, 6) is 7.08. The van der Waals surface area contributed by atoms with E-state index in [0.717, 1.165) is 48.2 Å². The summed E-state index contributed by atoms with van der Waals surface area (Å²) in [4.78, 5) is 16.1. The summed E-state index contributed by atoms with van der Waals surface area (Å²) in [5.41, 5.74) is 6.20. The van der Waals surface area contributed by atoms with Crippen LogP contribution in [0.4, 0.5) is 4.79 Å². The summed E-state index contributed by atoms with van der Waals surface area (Å²) < 4.78 is 17.9. The number of rotatable bonds is 2. The third kappa shape index (κ3) is 9.00. The molecule has 6 rings (SSSR count). The molecule has 0 radical (unpaired) electrons. The van der Waals surface area contributed by atoms with Gasteiger partial charge >= 0.3 is 6.09 Å². The van der Waals surface area contributed by atoms with Crippen molar-refractivity contribution in [2.75, 3.05) is 26.4 Å². The van der Waals surface area contributed by atoms with E-state index in [4.69, 9.17) is 20.6 Å². The van der Waals surface area contributed by atoms with Gasteiger partial charge in [0, 0.05) is 16.6 Å². The molecule has 0 atom stereocenters. The molecule has 0 saturated heterocycles. The van der Waals surface area contributed by atoms with Crippen molar-refractivity contribution >= 4 is 39.0 Å². The van der Waals surface area contributed by atoms with Gasteiger partial charge in [0.2, 0.25) is 0 Å². The quantitative estimate of drug-likeness (QED) is 0.242. The number of carbonyl (C=O) groups is 1. The number of hydrogen-bond acceptors (Lipinski definition) is 4. The van der Waals surface area contributed by atoms with Gasteiger partial charge in [0.05, 0.1) is 37.6 Å². The van der Waals surface area contributed by atoms with Crippen LogP contribution in [-0.2, 0) is 14.2 Å². The fourth-order valence-corrected chi connectivity index (χ4v) is 4.75. The lowest BCUT2D eigenvalue weighted by Gasteiger charge is -2.22. The van der Waals surface area contributed by atoms with Crippen LogP contribution in [0.3, 0.4) is 0 Å². The van der Waals surface area contributed by atoms with Crippen molar-refractivity contribution < 1.29 is 19.0 Å². The third-order valence-electron chi connectivity index (χ3n) is 6.62. The van der Waals surface area contributed by atoms with E-state index < -0.39 is 5.60 Å². The fraction of sp³-hybridized carbons (Fsp3) is 0.324. The molecular weight excluding hydrogens is 536 g/mol. The van der Waals surface area contributed by atoms with Gasteiger partial charge in [-0.3, -0.25) is 0 Å². The van der Waals surface area contributed by atoms with Gasteiger partial charge in [-0.25, -0.2) is 9.36 Å². The number of H-pyrrole nitrogens is 1. The van der Waals surface area contributed by atoms with Crippen molar-refractivity contribution in [1.82, 2.24) is 9.55 Å². The Balaban J connectivity index is 0.000000209. The zero-order valence-electron chi connectivity index (χ0n) is 24.8. The molecule has 2 aliphatic rings. The second-order valence-corrected chi connectivity index (χ2v) is 10.8. The molecule has 0 amide bonds. The molecule has 43 heavy (non-hydrogen) atoms. The lowest BCUT2D eigenvalue weighted by Crippen LogP contribution is -2.28. The molecule has 0 spiro atoms. The molecule has 2 aromatic carbocycles. The van der Waals surface area contributed by atoms with Gasteiger partial charge in [0.25, 0.3) is 0 Å². The minimum atomic E-state index is -0.524. The van der Waals surface area contributed by atoms with E-state index in [2.05, 4.69) is 65.2 Å². The molecule has 6 heteroatoms. The predicted molar refractivity (Wildman–Crippen MR) is 178 cm³/mol. The summed E-state index contributed by atoms with van der Waals surface area (Å²) in [5, 5.41) is 2.32. The first-order valence-electron chi connectivity index (χ1n) is 14.1. The van der Waals surface area contributed by atoms with E-state index in [1.807, 2.05) is 51.1 Å². The van der Waals surface area contributed by atoms with Crippen LogP contribution in [0, 0.1) is 24.2 Å². The zero-order valence-corrected chi connectivity index (χ0v) is 24.8. The average molecular weight is 579 g/mol. The first kappa shape index (κ1) is 33.0. The van der Waals surface area contributed by atoms with Crippen LogP contribution in [0.5, 0.6) is 0 Å². The van der Waals surface area contributed by atoms with Crippen molar-refractivity contribution in [3.63, 3.8) is 0 Å². The summed E-state index contributed by atoms with van der Waals surface area (Å²) >= 11 is 0. The molecule has 0 aliphatic carbocycles. The first-order valence-corrected chi connectivity index (χ1v) is 14.1. The molecule has 0 bridgehead atoms. The van der Waals surface area contributed by atoms with Crippen LogP contribution < -0.4 is 0 Å². The molecule has 1 N–H and O–H groups in total. The normalized spacial score (nSPS) is 14.2. The molecule has 0 unspecified atom stereocenters. The van der Waals surface area contributed by atoms with Crippen molar-refractivity contribution in [3.8, 4) is 24.2 Å². The SMILES string of the molecule is C.C#CC#CC.C1=C(c2cc3ccccc3[nH]2)CCOC1.CC(C)(C)OC(=O)n1c(C2=CCOCC2)cc2ccccc21. The number of nitrogens with zero attached hydrogens (tertiary/aromatic N) is 1. The summed E-state index contributed by atoms with van der Waals surface area (Å²) in [6, 6.07) is 20.5. The highest BCUT2D eigenvalue weighted by atomic mass is 16.6. The molecule has 2 aliphatic heterocycles. The topological polar surface area (TPSA) is 65.5 Å². The van der Waals surface area contributed by atoms with Gasteiger partial charge in [-0.05, 0) is 93.2 Å². The summed E-state index contributed by atoms with van der Waals surface area (Å²) in [6.07, 6.45) is 10.4. The van der Waals surface area contributed by atoms with Crippen molar-refractivity contribution in [2.24, 2.45) is 0 Å². The number of aromatic nitrogens is 2. The van der Waals surface area contributed by atoms with E-state index in [1.165, 1.54) is 22.2 Å². The zero-order chi connectivity index (χ0) is 30.0. The number of terminal acetylenes is 1. The fourth-order valence-electron chi connectivity index (χ4n) is 4.75. The van der Waals surface area contributed by atoms with Crippen molar-refractivity contribution in [1.29, 1.82) is 0 Å². The number of aromatic amines is 1. The Morgan fingerprint density at radius 2 is 1.56 bits per heavy atom. The van der Waals surface area contributed by atoms with Crippen LogP contribution in [0.15, 0.2) is 72.8 Å². The molecule has 224 valence electrons. The smallest absolute Gasteiger partial charge is 0.419 e. The van der Waals surface area contributed by atoms with E-state index >= 15 is 0 Å². The highest BCUT2D eigenvalue weighted by molar-refractivity contribution is 5.95. The van der Waals surface area contributed by atoms with E-state index in [9.17, 15) is 4.79 Å². The molecular formula is C37H42N2O4. The average Bonchev–Trinajstić information content (AvgIpc) is 3.61. The predicted octanol–water partition coefficient (Wildman–Crippen LogP) is 8.48. The second kappa shape index (κ2) is 15.7. The maximum Gasteiger partial charge on any atom is 0.419 e. The van der Waals surface area contributed by atoms with Crippen molar-refractivity contribution in [2.45, 2.75) is 53.6 Å². The van der Waals surface area contributed by atoms with Crippen LogP contribution in [0.1, 0.15) is 59.4 Å². The second-order valence-electron chi connectivity index (χ2n) is 10.8. The number of carbonyl (C=O) groups excluding carboxylic acids is 1. The lowest BCUT2D eigenvalue weighted by molar-refractivity contribution is 0.0542. The Morgan fingerprint density at radius 3 is 2.12 bits per heavy atom. The van der Waals surface area contributed by atoms with Crippen molar-refractivity contribution in [3.05, 3.63) is 84.2 Å². The third-order valence-corrected chi connectivity index (χ3v) is 6.62. The van der Waals surface area contributed by atoms with Gasteiger partial charge < -0.3 is 19.2 Å². The Bertz CT molecular complexity index is 1660. The maximum atomic E-state index is 12.7. The highest BCUT2D eigenvalue weighted by Gasteiger charge is 2.24. The van der Waals surface area contributed by atoms with Gasteiger partial charge in [0.1, 0.15) is 5.60 Å². The number of para-hydroxylation sites is 2. The Kier molecular flexibility index (Phi) is 12.0. The number of hydrogen-bond donors (Lipinski definition) is 1.